The smallest absolute Gasteiger partial charge is 0.115 e. The Morgan fingerprint density at radius 1 is 1.40 bits per heavy atom. The number of hydrogen-bond acceptors (Lipinski definition) is 4. The summed E-state index contributed by atoms with van der Waals surface area (Å²) in [6.07, 6.45) is 7.56. The molecule has 1 aromatic rings. The fourth-order valence-corrected chi connectivity index (χ4v) is 1.50. The lowest BCUT2D eigenvalue weighted by Crippen LogP contribution is -2.19. The Bertz CT molecular complexity index is 359. The molecule has 4 nitrogen and oxygen atoms in total. The van der Waals surface area contributed by atoms with Crippen LogP contribution in [0.2, 0.25) is 0 Å². The van der Waals surface area contributed by atoms with Crippen molar-refractivity contribution in [3.63, 3.8) is 0 Å². The molecule has 0 radical (unpaired) electrons. The van der Waals surface area contributed by atoms with Gasteiger partial charge in [-0.15, -0.1) is 0 Å². The number of rotatable bonds is 2. The molecule has 2 N–H and O–H groups in total. The van der Waals surface area contributed by atoms with Gasteiger partial charge in [0.1, 0.15) is 11.8 Å². The molecule has 2 heterocycles. The van der Waals surface area contributed by atoms with Crippen LogP contribution in [-0.4, -0.2) is 16.6 Å². The van der Waals surface area contributed by atoms with E-state index in [0.29, 0.717) is 0 Å². The average molecular weight is 205 g/mol. The molecule has 0 spiro atoms. The van der Waals surface area contributed by atoms with Crippen LogP contribution in [0.5, 0.6) is 0 Å². The summed E-state index contributed by atoms with van der Waals surface area (Å²) in [4.78, 5) is 8.41. The highest BCUT2D eigenvalue weighted by Crippen LogP contribution is 2.21. The number of hydrogen-bond donors (Lipinski definition) is 1. The molecule has 15 heavy (non-hydrogen) atoms. The fourth-order valence-electron chi connectivity index (χ4n) is 1.50. The van der Waals surface area contributed by atoms with Crippen LogP contribution in [0.4, 0.5) is 0 Å². The first-order valence-electron chi connectivity index (χ1n) is 5.14. The normalized spacial score (nSPS) is 17.9. The van der Waals surface area contributed by atoms with Gasteiger partial charge in [0.25, 0.3) is 0 Å². The van der Waals surface area contributed by atoms with Crippen molar-refractivity contribution in [3.8, 4) is 0 Å². The van der Waals surface area contributed by atoms with Gasteiger partial charge in [0, 0.05) is 6.20 Å². The van der Waals surface area contributed by atoms with E-state index in [2.05, 4.69) is 9.97 Å². The predicted octanol–water partition coefficient (Wildman–Crippen LogP) is 1.48. The molecule has 0 aromatic carbocycles. The van der Waals surface area contributed by atoms with Crippen molar-refractivity contribution in [2.75, 3.05) is 6.61 Å². The van der Waals surface area contributed by atoms with Crippen molar-refractivity contribution in [2.24, 2.45) is 5.73 Å². The van der Waals surface area contributed by atoms with E-state index in [0.717, 1.165) is 36.6 Å². The SMILES string of the molecule is Cc1cnc(C(N)C2=CCCCO2)cn1. The zero-order valence-corrected chi connectivity index (χ0v) is 8.81. The molecule has 0 saturated heterocycles. The van der Waals surface area contributed by atoms with Gasteiger partial charge in [0.2, 0.25) is 0 Å². The monoisotopic (exact) mass is 205 g/mol. The lowest BCUT2D eigenvalue weighted by molar-refractivity contribution is 0.175. The summed E-state index contributed by atoms with van der Waals surface area (Å²) in [5, 5.41) is 0. The summed E-state index contributed by atoms with van der Waals surface area (Å²) in [5.41, 5.74) is 7.68. The number of nitrogens with zero attached hydrogens (tertiary/aromatic N) is 2. The van der Waals surface area contributed by atoms with Gasteiger partial charge in [0.15, 0.2) is 0 Å². The quantitative estimate of drug-likeness (QED) is 0.794. The molecular weight excluding hydrogens is 190 g/mol. The van der Waals surface area contributed by atoms with Gasteiger partial charge in [-0.05, 0) is 25.8 Å². The van der Waals surface area contributed by atoms with Gasteiger partial charge in [-0.3, -0.25) is 9.97 Å². The molecule has 1 unspecified atom stereocenters. The molecule has 0 aliphatic carbocycles. The minimum absolute atomic E-state index is 0.279. The number of aromatic nitrogens is 2. The standard InChI is InChI=1S/C11H15N3O/c1-8-6-14-9(7-13-8)11(12)10-4-2-3-5-15-10/h4,6-7,11H,2-3,5,12H2,1H3. The Morgan fingerprint density at radius 2 is 2.27 bits per heavy atom. The number of nitrogens with two attached hydrogens (primary N) is 1. The molecule has 1 aromatic heterocycles. The van der Waals surface area contributed by atoms with E-state index in [1.165, 1.54) is 0 Å². The molecule has 2 rings (SSSR count). The molecule has 0 bridgehead atoms. The third-order valence-electron chi connectivity index (χ3n) is 2.39. The van der Waals surface area contributed by atoms with Gasteiger partial charge in [0.05, 0.1) is 24.2 Å². The van der Waals surface area contributed by atoms with Gasteiger partial charge in [-0.25, -0.2) is 0 Å². The second-order valence-corrected chi connectivity index (χ2v) is 3.66. The molecule has 0 saturated carbocycles. The topological polar surface area (TPSA) is 61.0 Å². The van der Waals surface area contributed by atoms with E-state index in [1.54, 1.807) is 12.4 Å². The van der Waals surface area contributed by atoms with Crippen molar-refractivity contribution in [2.45, 2.75) is 25.8 Å². The van der Waals surface area contributed by atoms with Gasteiger partial charge < -0.3 is 10.5 Å². The summed E-state index contributed by atoms with van der Waals surface area (Å²) in [6, 6.07) is -0.279. The van der Waals surface area contributed by atoms with E-state index < -0.39 is 0 Å². The lowest BCUT2D eigenvalue weighted by atomic mass is 10.1. The van der Waals surface area contributed by atoms with Crippen LogP contribution in [0.25, 0.3) is 0 Å². The van der Waals surface area contributed by atoms with Crippen LogP contribution < -0.4 is 5.73 Å². The molecule has 1 atom stereocenters. The third-order valence-corrected chi connectivity index (χ3v) is 2.39. The van der Waals surface area contributed by atoms with Crippen molar-refractivity contribution in [1.29, 1.82) is 0 Å². The van der Waals surface area contributed by atoms with Crippen LogP contribution in [0.15, 0.2) is 24.2 Å². The molecule has 4 heteroatoms. The van der Waals surface area contributed by atoms with E-state index >= 15 is 0 Å². The van der Waals surface area contributed by atoms with Crippen LogP contribution >= 0.6 is 0 Å². The second kappa shape index (κ2) is 4.40. The molecule has 0 amide bonds. The third kappa shape index (κ3) is 2.33. The second-order valence-electron chi connectivity index (χ2n) is 3.66. The van der Waals surface area contributed by atoms with Crippen molar-refractivity contribution >= 4 is 0 Å². The highest BCUT2D eigenvalue weighted by Gasteiger charge is 2.16. The summed E-state index contributed by atoms with van der Waals surface area (Å²) in [7, 11) is 0. The summed E-state index contributed by atoms with van der Waals surface area (Å²) >= 11 is 0. The first-order valence-corrected chi connectivity index (χ1v) is 5.14. The number of allylic oxidation sites excluding steroid dienone is 1. The highest BCUT2D eigenvalue weighted by molar-refractivity contribution is 5.17. The highest BCUT2D eigenvalue weighted by atomic mass is 16.5. The maximum Gasteiger partial charge on any atom is 0.115 e. The molecular formula is C11H15N3O. The lowest BCUT2D eigenvalue weighted by Gasteiger charge is -2.19. The fraction of sp³-hybridized carbons (Fsp3) is 0.455. The summed E-state index contributed by atoms with van der Waals surface area (Å²) in [5.74, 6) is 0.819. The van der Waals surface area contributed by atoms with Gasteiger partial charge in [-0.2, -0.15) is 0 Å². The zero-order valence-electron chi connectivity index (χ0n) is 8.81. The molecule has 80 valence electrons. The zero-order chi connectivity index (χ0) is 10.7. The Kier molecular flexibility index (Phi) is 2.97. The van der Waals surface area contributed by atoms with Crippen molar-refractivity contribution in [1.82, 2.24) is 9.97 Å². The van der Waals surface area contributed by atoms with Crippen LogP contribution in [-0.2, 0) is 4.74 Å². The van der Waals surface area contributed by atoms with Crippen molar-refractivity contribution < 1.29 is 4.74 Å². The Morgan fingerprint density at radius 3 is 2.87 bits per heavy atom. The Balaban J connectivity index is 2.16. The first kappa shape index (κ1) is 10.1. The number of ether oxygens (including phenoxy) is 1. The van der Waals surface area contributed by atoms with E-state index in [9.17, 15) is 0 Å². The largest absolute Gasteiger partial charge is 0.496 e. The van der Waals surface area contributed by atoms with E-state index in [-0.39, 0.29) is 6.04 Å². The van der Waals surface area contributed by atoms with Crippen molar-refractivity contribution in [3.05, 3.63) is 35.6 Å². The van der Waals surface area contributed by atoms with E-state index in [4.69, 9.17) is 10.5 Å². The van der Waals surface area contributed by atoms with Gasteiger partial charge >= 0.3 is 0 Å². The first-order chi connectivity index (χ1) is 7.27. The van der Waals surface area contributed by atoms with E-state index in [1.807, 2.05) is 13.0 Å². The molecule has 1 aliphatic rings. The Hall–Kier alpha value is -1.42. The predicted molar refractivity (Wildman–Crippen MR) is 57.0 cm³/mol. The summed E-state index contributed by atoms with van der Waals surface area (Å²) < 4.78 is 5.49. The Labute approximate surface area is 89.2 Å². The minimum Gasteiger partial charge on any atom is -0.496 e. The van der Waals surface area contributed by atoms with Crippen LogP contribution in [0, 0.1) is 6.92 Å². The maximum atomic E-state index is 6.02. The number of aryl methyl sites for hydroxylation is 1. The minimum atomic E-state index is -0.279. The molecule has 0 fully saturated rings. The van der Waals surface area contributed by atoms with Gasteiger partial charge in [-0.1, -0.05) is 0 Å². The van der Waals surface area contributed by atoms with Crippen LogP contribution in [0.1, 0.15) is 30.3 Å². The van der Waals surface area contributed by atoms with Crippen LogP contribution in [0.3, 0.4) is 0 Å². The molecule has 1 aliphatic heterocycles. The summed E-state index contributed by atoms with van der Waals surface area (Å²) in [6.45, 7) is 2.65. The maximum absolute atomic E-state index is 6.02. The average Bonchev–Trinajstić information content (AvgIpc) is 2.30.